The molecule has 1 heterocycles. The number of hydrogen-bond acceptors (Lipinski definition) is 3. The van der Waals surface area contributed by atoms with Gasteiger partial charge in [0.25, 0.3) is 5.91 Å². The van der Waals surface area contributed by atoms with Gasteiger partial charge in [-0.25, -0.2) is 4.98 Å². The highest BCUT2D eigenvalue weighted by Crippen LogP contribution is 2.03. The molecule has 0 atom stereocenters. The van der Waals surface area contributed by atoms with Crippen LogP contribution in [0.5, 0.6) is 0 Å². The lowest BCUT2D eigenvalue weighted by Crippen LogP contribution is -2.28. The molecule has 0 aliphatic carbocycles. The van der Waals surface area contributed by atoms with Crippen LogP contribution in [-0.4, -0.2) is 24.5 Å². The third-order valence-electron chi connectivity index (χ3n) is 1.91. The highest BCUT2D eigenvalue weighted by molar-refractivity contribution is 5.92. The third-order valence-corrected chi connectivity index (χ3v) is 1.91. The number of pyridine rings is 1. The van der Waals surface area contributed by atoms with Gasteiger partial charge in [0.05, 0.1) is 0 Å². The summed E-state index contributed by atoms with van der Waals surface area (Å²) in [5.41, 5.74) is 0.447. The molecular formula is C11H17N3O. The normalized spacial score (nSPS) is 10.1. The number of hydrogen-bond donors (Lipinski definition) is 2. The van der Waals surface area contributed by atoms with Crippen LogP contribution in [0, 0.1) is 5.92 Å². The molecule has 0 radical (unpaired) electrons. The van der Waals surface area contributed by atoms with Gasteiger partial charge in [0.2, 0.25) is 0 Å². The van der Waals surface area contributed by atoms with E-state index in [4.69, 9.17) is 0 Å². The molecule has 0 aromatic carbocycles. The molecule has 2 N–H and O–H groups in total. The van der Waals surface area contributed by atoms with Crippen molar-refractivity contribution in [2.45, 2.75) is 13.8 Å². The van der Waals surface area contributed by atoms with Crippen molar-refractivity contribution in [3.05, 3.63) is 23.9 Å². The minimum absolute atomic E-state index is 0.124. The largest absolute Gasteiger partial charge is 0.373 e. The molecule has 0 bridgehead atoms. The lowest BCUT2D eigenvalue weighted by molar-refractivity contribution is 0.0944. The Balaban J connectivity index is 2.65. The van der Waals surface area contributed by atoms with Gasteiger partial charge >= 0.3 is 0 Å². The third kappa shape index (κ3) is 3.58. The molecule has 4 nitrogen and oxygen atoms in total. The van der Waals surface area contributed by atoms with E-state index in [-0.39, 0.29) is 5.91 Å². The summed E-state index contributed by atoms with van der Waals surface area (Å²) in [6, 6.07) is 5.33. The zero-order chi connectivity index (χ0) is 11.3. The van der Waals surface area contributed by atoms with Gasteiger partial charge in [-0.1, -0.05) is 19.9 Å². The summed E-state index contributed by atoms with van der Waals surface area (Å²) < 4.78 is 0. The number of nitrogens with one attached hydrogen (secondary N) is 2. The van der Waals surface area contributed by atoms with Crippen LogP contribution < -0.4 is 10.6 Å². The molecule has 0 aliphatic rings. The van der Waals surface area contributed by atoms with Crippen LogP contribution >= 0.6 is 0 Å². The quantitative estimate of drug-likeness (QED) is 0.786. The topological polar surface area (TPSA) is 54.0 Å². The Morgan fingerprint density at radius 3 is 2.80 bits per heavy atom. The zero-order valence-electron chi connectivity index (χ0n) is 9.37. The van der Waals surface area contributed by atoms with E-state index in [1.54, 1.807) is 13.1 Å². The van der Waals surface area contributed by atoms with E-state index < -0.39 is 0 Å². The molecule has 15 heavy (non-hydrogen) atoms. The molecule has 0 saturated heterocycles. The van der Waals surface area contributed by atoms with Crippen LogP contribution in [0.3, 0.4) is 0 Å². The maximum absolute atomic E-state index is 11.6. The number of carbonyl (C=O) groups is 1. The SMILES string of the molecule is CNc1cccc(C(=O)NCC(C)C)n1. The molecule has 1 amide bonds. The Morgan fingerprint density at radius 2 is 2.20 bits per heavy atom. The van der Waals surface area contributed by atoms with Gasteiger partial charge < -0.3 is 10.6 Å². The van der Waals surface area contributed by atoms with Crippen LogP contribution in [0.1, 0.15) is 24.3 Å². The van der Waals surface area contributed by atoms with E-state index >= 15 is 0 Å². The van der Waals surface area contributed by atoms with Crippen molar-refractivity contribution in [1.82, 2.24) is 10.3 Å². The molecule has 0 aliphatic heterocycles. The number of carbonyl (C=O) groups excluding carboxylic acids is 1. The van der Waals surface area contributed by atoms with E-state index in [0.29, 0.717) is 24.0 Å². The maximum Gasteiger partial charge on any atom is 0.269 e. The molecule has 0 fully saturated rings. The summed E-state index contributed by atoms with van der Waals surface area (Å²) in [5.74, 6) is 1.02. The van der Waals surface area contributed by atoms with Crippen LogP contribution in [-0.2, 0) is 0 Å². The van der Waals surface area contributed by atoms with E-state index in [0.717, 1.165) is 0 Å². The molecule has 4 heteroatoms. The van der Waals surface area contributed by atoms with Crippen molar-refractivity contribution in [3.63, 3.8) is 0 Å². The zero-order valence-corrected chi connectivity index (χ0v) is 9.37. The van der Waals surface area contributed by atoms with E-state index in [1.807, 2.05) is 12.1 Å². The summed E-state index contributed by atoms with van der Waals surface area (Å²) in [4.78, 5) is 15.8. The highest BCUT2D eigenvalue weighted by atomic mass is 16.1. The molecule has 0 saturated carbocycles. The van der Waals surface area contributed by atoms with Gasteiger partial charge in [0.15, 0.2) is 0 Å². The lowest BCUT2D eigenvalue weighted by atomic mass is 10.2. The summed E-state index contributed by atoms with van der Waals surface area (Å²) in [7, 11) is 1.78. The van der Waals surface area contributed by atoms with Gasteiger partial charge in [-0.2, -0.15) is 0 Å². The summed E-state index contributed by atoms with van der Waals surface area (Å²) in [5, 5.41) is 5.72. The van der Waals surface area contributed by atoms with Crippen LogP contribution in [0.2, 0.25) is 0 Å². The monoisotopic (exact) mass is 207 g/mol. The van der Waals surface area contributed by atoms with Gasteiger partial charge in [-0.05, 0) is 18.1 Å². The number of rotatable bonds is 4. The first kappa shape index (κ1) is 11.5. The molecule has 1 aromatic rings. The summed E-state index contributed by atoms with van der Waals surface area (Å²) >= 11 is 0. The van der Waals surface area contributed by atoms with Crippen molar-refractivity contribution in [2.24, 2.45) is 5.92 Å². The van der Waals surface area contributed by atoms with Crippen LogP contribution in [0.25, 0.3) is 0 Å². The van der Waals surface area contributed by atoms with Crippen LogP contribution in [0.15, 0.2) is 18.2 Å². The number of nitrogens with zero attached hydrogens (tertiary/aromatic N) is 1. The fourth-order valence-corrected chi connectivity index (χ4v) is 1.09. The average Bonchev–Trinajstić information content (AvgIpc) is 2.26. The predicted molar refractivity (Wildman–Crippen MR) is 61.0 cm³/mol. The molecule has 1 aromatic heterocycles. The Kier molecular flexibility index (Phi) is 4.09. The average molecular weight is 207 g/mol. The minimum Gasteiger partial charge on any atom is -0.373 e. The second-order valence-electron chi connectivity index (χ2n) is 3.76. The second-order valence-corrected chi connectivity index (χ2v) is 3.76. The van der Waals surface area contributed by atoms with Gasteiger partial charge in [-0.3, -0.25) is 4.79 Å². The number of anilines is 1. The fraction of sp³-hybridized carbons (Fsp3) is 0.455. The van der Waals surface area contributed by atoms with Gasteiger partial charge in [0, 0.05) is 13.6 Å². The first-order valence-corrected chi connectivity index (χ1v) is 5.06. The highest BCUT2D eigenvalue weighted by Gasteiger charge is 2.07. The summed E-state index contributed by atoms with van der Waals surface area (Å²) in [6.45, 7) is 4.78. The number of amides is 1. The molecule has 82 valence electrons. The van der Waals surface area contributed by atoms with E-state index in [2.05, 4.69) is 29.5 Å². The lowest BCUT2D eigenvalue weighted by Gasteiger charge is -2.07. The standard InChI is InChI=1S/C11H17N3O/c1-8(2)7-13-11(15)9-5-4-6-10(12-3)14-9/h4-6,8H,7H2,1-3H3,(H,12,14)(H,13,15). The minimum atomic E-state index is -0.124. The molecule has 0 unspecified atom stereocenters. The molecule has 1 rings (SSSR count). The second kappa shape index (κ2) is 5.34. The van der Waals surface area contributed by atoms with Crippen molar-refractivity contribution < 1.29 is 4.79 Å². The molecule has 0 spiro atoms. The van der Waals surface area contributed by atoms with Crippen molar-refractivity contribution in [2.75, 3.05) is 18.9 Å². The Hall–Kier alpha value is -1.58. The summed E-state index contributed by atoms with van der Waals surface area (Å²) in [6.07, 6.45) is 0. The fourth-order valence-electron chi connectivity index (χ4n) is 1.09. The number of aromatic nitrogens is 1. The van der Waals surface area contributed by atoms with Crippen LogP contribution in [0.4, 0.5) is 5.82 Å². The first-order chi connectivity index (χ1) is 7.13. The van der Waals surface area contributed by atoms with Crippen molar-refractivity contribution >= 4 is 11.7 Å². The van der Waals surface area contributed by atoms with Gasteiger partial charge in [0.1, 0.15) is 11.5 Å². The van der Waals surface area contributed by atoms with Crippen molar-refractivity contribution in [1.29, 1.82) is 0 Å². The van der Waals surface area contributed by atoms with E-state index in [9.17, 15) is 4.79 Å². The Bertz CT molecular complexity index is 336. The van der Waals surface area contributed by atoms with Crippen molar-refractivity contribution in [3.8, 4) is 0 Å². The smallest absolute Gasteiger partial charge is 0.269 e. The van der Waals surface area contributed by atoms with Gasteiger partial charge in [-0.15, -0.1) is 0 Å². The van der Waals surface area contributed by atoms with E-state index in [1.165, 1.54) is 0 Å². The Morgan fingerprint density at radius 1 is 1.47 bits per heavy atom. The maximum atomic E-state index is 11.6. The first-order valence-electron chi connectivity index (χ1n) is 5.06. The molecular weight excluding hydrogens is 190 g/mol. The predicted octanol–water partition coefficient (Wildman–Crippen LogP) is 1.51. The Labute approximate surface area is 90.1 Å².